The number of benzene rings is 4. The standard InChI is InChI=1S/C32H19Cl5F2O8P/c1-17(16-22(40)44-28-26(36)24(34)23(33)25(35)27(28)37)18-12-14-21(15-13-18)32(38,39)48(43)47-31(45-29(41)19-8-4-2-5-9-19)46-30(42)20-10-6-3-7-11-20/h2-16,31H,1H3/q+1. The second-order valence-corrected chi connectivity index (χ2v) is 12.6. The summed E-state index contributed by atoms with van der Waals surface area (Å²) < 4.78 is 63.5. The van der Waals surface area contributed by atoms with E-state index in [1.54, 1.807) is 12.1 Å². The summed E-state index contributed by atoms with van der Waals surface area (Å²) in [6.45, 7) is -0.918. The zero-order chi connectivity index (χ0) is 35.2. The van der Waals surface area contributed by atoms with Crippen molar-refractivity contribution in [1.82, 2.24) is 0 Å². The van der Waals surface area contributed by atoms with Gasteiger partial charge in [-0.15, -0.1) is 8.78 Å². The molecule has 0 radical (unpaired) electrons. The van der Waals surface area contributed by atoms with Gasteiger partial charge >= 0.3 is 38.1 Å². The van der Waals surface area contributed by atoms with Crippen molar-refractivity contribution < 1.29 is 46.5 Å². The Labute approximate surface area is 297 Å². The zero-order valence-electron chi connectivity index (χ0n) is 24.1. The highest BCUT2D eigenvalue weighted by molar-refractivity contribution is 7.40. The Balaban J connectivity index is 1.49. The van der Waals surface area contributed by atoms with Crippen LogP contribution in [0.1, 0.15) is 38.8 Å². The van der Waals surface area contributed by atoms with Crippen molar-refractivity contribution in [2.75, 3.05) is 0 Å². The molecule has 1 atom stereocenters. The van der Waals surface area contributed by atoms with E-state index >= 15 is 8.78 Å². The maximum atomic E-state index is 15.4. The molecule has 0 saturated heterocycles. The lowest BCUT2D eigenvalue weighted by atomic mass is 10.1. The number of alkyl halides is 2. The first-order chi connectivity index (χ1) is 22.7. The number of rotatable bonds is 11. The highest BCUT2D eigenvalue weighted by atomic mass is 35.5. The molecule has 0 fully saturated rings. The molecule has 0 saturated carbocycles. The van der Waals surface area contributed by atoms with Gasteiger partial charge in [0.05, 0.1) is 31.8 Å². The summed E-state index contributed by atoms with van der Waals surface area (Å²) in [4.78, 5) is 37.8. The summed E-state index contributed by atoms with van der Waals surface area (Å²) in [5.41, 5.74) is -4.42. The minimum Gasteiger partial charge on any atom is -0.420 e. The summed E-state index contributed by atoms with van der Waals surface area (Å²) in [5, 5.41) is -1.04. The lowest BCUT2D eigenvalue weighted by Gasteiger charge is -2.15. The SMILES string of the molecule is CC(=CC(=O)Oc1c(Cl)c(Cl)c(Cl)c(Cl)c1Cl)c1ccc(C(F)(F)[P+](=O)OC(OC(=O)c2ccccc2)OC(=O)c2ccccc2)cc1. The molecule has 0 N–H and O–H groups in total. The number of ether oxygens (including phenoxy) is 3. The number of hydrogen-bond acceptors (Lipinski definition) is 8. The van der Waals surface area contributed by atoms with Gasteiger partial charge in [0.25, 0.3) is 0 Å². The van der Waals surface area contributed by atoms with Crippen LogP contribution in [-0.4, -0.2) is 24.4 Å². The Bertz CT molecular complexity index is 1810. The van der Waals surface area contributed by atoms with Crippen molar-refractivity contribution in [3.63, 3.8) is 0 Å². The van der Waals surface area contributed by atoms with Gasteiger partial charge in [0.1, 0.15) is 10.0 Å². The van der Waals surface area contributed by atoms with Gasteiger partial charge in [0.15, 0.2) is 5.75 Å². The van der Waals surface area contributed by atoms with Crippen LogP contribution in [0.25, 0.3) is 5.57 Å². The third-order valence-electron chi connectivity index (χ3n) is 6.23. The quantitative estimate of drug-likeness (QED) is 0.0282. The van der Waals surface area contributed by atoms with Crippen molar-refractivity contribution in [3.05, 3.63) is 138 Å². The molecule has 0 amide bonds. The van der Waals surface area contributed by atoms with Crippen LogP contribution in [0, 0.1) is 0 Å². The molecule has 0 aliphatic heterocycles. The molecule has 0 aliphatic rings. The van der Waals surface area contributed by atoms with Crippen molar-refractivity contribution >= 4 is 89.5 Å². The summed E-state index contributed by atoms with van der Waals surface area (Å²) >= 11 is 30.1. The van der Waals surface area contributed by atoms with Crippen molar-refractivity contribution in [3.8, 4) is 5.75 Å². The molecule has 248 valence electrons. The second kappa shape index (κ2) is 16.2. The monoisotopic (exact) mass is 775 g/mol. The molecule has 48 heavy (non-hydrogen) atoms. The van der Waals surface area contributed by atoms with Crippen molar-refractivity contribution in [2.24, 2.45) is 0 Å². The molecule has 4 rings (SSSR count). The summed E-state index contributed by atoms with van der Waals surface area (Å²) in [5.74, 6) is -3.49. The molecule has 0 heterocycles. The normalized spacial score (nSPS) is 12.0. The Morgan fingerprint density at radius 2 is 1.12 bits per heavy atom. The Hall–Kier alpha value is -3.60. The number of hydrogen-bond donors (Lipinski definition) is 0. The van der Waals surface area contributed by atoms with Gasteiger partial charge in [-0.1, -0.05) is 111 Å². The Morgan fingerprint density at radius 1 is 0.688 bits per heavy atom. The minimum atomic E-state index is -4.17. The van der Waals surface area contributed by atoms with E-state index in [0.717, 1.165) is 18.2 Å². The molecule has 4 aromatic rings. The highest BCUT2D eigenvalue weighted by Gasteiger charge is 2.58. The van der Waals surface area contributed by atoms with E-state index in [4.69, 9.17) is 76.7 Å². The van der Waals surface area contributed by atoms with E-state index in [1.165, 1.54) is 67.6 Å². The Morgan fingerprint density at radius 3 is 1.58 bits per heavy atom. The topological polar surface area (TPSA) is 105 Å². The molecule has 4 aromatic carbocycles. The van der Waals surface area contributed by atoms with Crippen LogP contribution < -0.4 is 4.74 Å². The van der Waals surface area contributed by atoms with Gasteiger partial charge < -0.3 is 14.2 Å². The average molecular weight is 778 g/mol. The summed E-state index contributed by atoms with van der Waals surface area (Å²) in [7, 11) is -4.00. The van der Waals surface area contributed by atoms with E-state index in [9.17, 15) is 18.9 Å². The fourth-order valence-corrected chi connectivity index (χ4v) is 5.71. The van der Waals surface area contributed by atoms with E-state index in [0.29, 0.717) is 5.56 Å². The van der Waals surface area contributed by atoms with Gasteiger partial charge in [0, 0.05) is 6.08 Å². The summed E-state index contributed by atoms with van der Waals surface area (Å²) in [6, 6.07) is 19.0. The molecule has 0 spiro atoms. The zero-order valence-corrected chi connectivity index (χ0v) is 28.8. The van der Waals surface area contributed by atoms with Gasteiger partial charge in [-0.25, -0.2) is 14.4 Å². The van der Waals surface area contributed by atoms with Gasteiger partial charge in [-0.05, 0) is 59.0 Å². The number of carbonyl (C=O) groups is 3. The molecule has 0 aromatic heterocycles. The lowest BCUT2D eigenvalue weighted by molar-refractivity contribution is -0.186. The van der Waals surface area contributed by atoms with Crippen molar-refractivity contribution in [2.45, 2.75) is 19.1 Å². The molecule has 16 heteroatoms. The number of esters is 3. The lowest BCUT2D eigenvalue weighted by Crippen LogP contribution is -2.27. The summed E-state index contributed by atoms with van der Waals surface area (Å²) in [6.07, 6.45) is 1.02. The fraction of sp³-hybridized carbons (Fsp3) is 0.0938. The van der Waals surface area contributed by atoms with Crippen LogP contribution in [0.2, 0.25) is 25.1 Å². The second-order valence-electron chi connectivity index (χ2n) is 9.46. The van der Waals surface area contributed by atoms with Gasteiger partial charge in [0.2, 0.25) is 0 Å². The Kier molecular flexibility index (Phi) is 12.6. The third-order valence-corrected chi connectivity index (χ3v) is 9.55. The van der Waals surface area contributed by atoms with Crippen LogP contribution in [0.5, 0.6) is 5.75 Å². The van der Waals surface area contributed by atoms with Gasteiger partial charge in [-0.3, -0.25) is 0 Å². The van der Waals surface area contributed by atoms with Gasteiger partial charge in [-0.2, -0.15) is 0 Å². The van der Waals surface area contributed by atoms with E-state index in [1.807, 2.05) is 0 Å². The predicted molar refractivity (Wildman–Crippen MR) is 177 cm³/mol. The fourth-order valence-electron chi connectivity index (χ4n) is 3.77. The first kappa shape index (κ1) is 37.2. The van der Waals surface area contributed by atoms with E-state index < -0.39 is 43.6 Å². The molecular weight excluding hydrogens is 759 g/mol. The maximum absolute atomic E-state index is 15.4. The number of allylic oxidation sites excluding steroid dienone is 1. The predicted octanol–water partition coefficient (Wildman–Crippen LogP) is 10.8. The van der Waals surface area contributed by atoms with Crippen LogP contribution in [0.3, 0.4) is 0 Å². The third kappa shape index (κ3) is 8.89. The molecule has 0 bridgehead atoms. The smallest absolute Gasteiger partial charge is 0.420 e. The van der Waals surface area contributed by atoms with Crippen LogP contribution >= 0.6 is 66.0 Å². The first-order valence-corrected chi connectivity index (χ1v) is 16.3. The molecule has 8 nitrogen and oxygen atoms in total. The van der Waals surface area contributed by atoms with Crippen LogP contribution in [0.4, 0.5) is 8.78 Å². The number of halogens is 7. The maximum Gasteiger partial charge on any atom is 0.599 e. The van der Waals surface area contributed by atoms with E-state index in [2.05, 4.69) is 0 Å². The van der Waals surface area contributed by atoms with E-state index in [-0.39, 0.29) is 47.6 Å². The van der Waals surface area contributed by atoms with Crippen molar-refractivity contribution in [1.29, 1.82) is 0 Å². The molecule has 0 aliphatic carbocycles. The largest absolute Gasteiger partial charge is 0.599 e. The van der Waals surface area contributed by atoms with Crippen LogP contribution in [-0.2, 0) is 29.0 Å². The number of carbonyl (C=O) groups excluding carboxylic acids is 3. The first-order valence-electron chi connectivity index (χ1n) is 13.3. The molecular formula is C32H19Cl5F2O8P+. The highest BCUT2D eigenvalue weighted by Crippen LogP contribution is 2.52. The van der Waals surface area contributed by atoms with Crippen LogP contribution in [0.15, 0.2) is 91.0 Å². The molecule has 1 unspecified atom stereocenters. The average Bonchev–Trinajstić information content (AvgIpc) is 3.09. The minimum absolute atomic E-state index is 0.0151.